The van der Waals surface area contributed by atoms with Gasteiger partial charge in [0.1, 0.15) is 0 Å². The molecule has 0 unspecified atom stereocenters. The summed E-state index contributed by atoms with van der Waals surface area (Å²) < 4.78 is 0. The number of unbranched alkanes of at least 4 members (excludes halogenated alkanes) is 6. The van der Waals surface area contributed by atoms with Crippen LogP contribution in [0.1, 0.15) is 88.8 Å². The summed E-state index contributed by atoms with van der Waals surface area (Å²) in [6.45, 7) is 11.4. The van der Waals surface area contributed by atoms with Gasteiger partial charge < -0.3 is 0 Å². The van der Waals surface area contributed by atoms with E-state index in [0.29, 0.717) is 5.41 Å². The van der Waals surface area contributed by atoms with Crippen LogP contribution in [0.4, 0.5) is 0 Å². The van der Waals surface area contributed by atoms with E-state index in [1.54, 1.807) is 0 Å². The second kappa shape index (κ2) is 10.9. The van der Waals surface area contributed by atoms with Crippen LogP contribution >= 0.6 is 0 Å². The largest absolute Gasteiger partial charge is 0.248 e. The maximum Gasteiger partial charge on any atom is 0.0712 e. The molecule has 1 aromatic heterocycles. The molecule has 1 nitrogen and oxygen atoms in total. The van der Waals surface area contributed by atoms with Crippen molar-refractivity contribution >= 4 is 10.9 Å². The minimum absolute atomic E-state index is 0.493. The second-order valence-electron chi connectivity index (χ2n) is 10.6. The first-order valence-corrected chi connectivity index (χ1v) is 12.3. The number of fused-ring (bicyclic) bond motifs is 1. The van der Waals surface area contributed by atoms with Gasteiger partial charge in [-0.3, -0.25) is 0 Å². The standard InChI is InChI=1S/C30H41N/c1-23-20-24(2)22-26(21-23)28-18-17-27-25(15-13-16-29(27)31-28)14-11-9-7-6-8-10-12-19-30(3,4)5/h13,15-18,20-22H,6-12,14,19H2,1-5H3. The Balaban J connectivity index is 1.50. The van der Waals surface area contributed by atoms with Gasteiger partial charge in [-0.25, -0.2) is 4.98 Å². The molecule has 1 heterocycles. The predicted molar refractivity (Wildman–Crippen MR) is 137 cm³/mol. The van der Waals surface area contributed by atoms with E-state index in [1.165, 1.54) is 79.0 Å². The van der Waals surface area contributed by atoms with Crippen LogP contribution in [0.15, 0.2) is 48.5 Å². The van der Waals surface area contributed by atoms with Gasteiger partial charge in [0.05, 0.1) is 11.2 Å². The maximum absolute atomic E-state index is 4.99. The average Bonchev–Trinajstić information content (AvgIpc) is 2.70. The average molecular weight is 416 g/mol. The van der Waals surface area contributed by atoms with E-state index in [1.807, 2.05) is 0 Å². The Kier molecular flexibility index (Phi) is 8.29. The fourth-order valence-electron chi connectivity index (χ4n) is 4.57. The molecule has 0 saturated heterocycles. The number of aryl methyl sites for hydroxylation is 3. The Morgan fingerprint density at radius 2 is 1.35 bits per heavy atom. The SMILES string of the molecule is Cc1cc(C)cc(-c2ccc3c(CCCCCCCCCC(C)(C)C)cccc3n2)c1. The molecule has 0 radical (unpaired) electrons. The van der Waals surface area contributed by atoms with Crippen LogP contribution < -0.4 is 0 Å². The summed E-state index contributed by atoms with van der Waals surface area (Å²) >= 11 is 0. The first kappa shape index (κ1) is 23.5. The summed E-state index contributed by atoms with van der Waals surface area (Å²) in [4.78, 5) is 4.99. The van der Waals surface area contributed by atoms with Crippen molar-refractivity contribution in [1.82, 2.24) is 4.98 Å². The zero-order valence-electron chi connectivity index (χ0n) is 20.4. The van der Waals surface area contributed by atoms with Crippen LogP contribution in [0.25, 0.3) is 22.2 Å². The predicted octanol–water partition coefficient (Wildman–Crippen LogP) is 9.23. The molecule has 0 spiro atoms. The molecule has 0 bridgehead atoms. The molecule has 3 rings (SSSR count). The van der Waals surface area contributed by atoms with Crippen molar-refractivity contribution in [3.63, 3.8) is 0 Å². The first-order valence-electron chi connectivity index (χ1n) is 12.3. The van der Waals surface area contributed by atoms with Gasteiger partial charge in [-0.1, -0.05) is 94.7 Å². The summed E-state index contributed by atoms with van der Waals surface area (Å²) in [7, 11) is 0. The molecule has 3 aromatic rings. The van der Waals surface area contributed by atoms with Crippen molar-refractivity contribution in [3.8, 4) is 11.3 Å². The van der Waals surface area contributed by atoms with E-state index in [4.69, 9.17) is 4.98 Å². The smallest absolute Gasteiger partial charge is 0.0712 e. The number of nitrogens with zero attached hydrogens (tertiary/aromatic N) is 1. The number of benzene rings is 2. The van der Waals surface area contributed by atoms with Crippen LogP contribution in [0.3, 0.4) is 0 Å². The molecule has 0 atom stereocenters. The molecular weight excluding hydrogens is 374 g/mol. The van der Waals surface area contributed by atoms with Gasteiger partial charge in [0.2, 0.25) is 0 Å². The van der Waals surface area contributed by atoms with Crippen LogP contribution in [0.2, 0.25) is 0 Å². The van der Waals surface area contributed by atoms with E-state index in [2.05, 4.69) is 83.1 Å². The molecule has 0 aliphatic carbocycles. The summed E-state index contributed by atoms with van der Waals surface area (Å²) in [5.74, 6) is 0. The summed E-state index contributed by atoms with van der Waals surface area (Å²) in [5.41, 5.74) is 7.93. The van der Waals surface area contributed by atoms with Crippen LogP contribution in [0, 0.1) is 19.3 Å². The summed E-state index contributed by atoms with van der Waals surface area (Å²) in [6.07, 6.45) is 12.1. The maximum atomic E-state index is 4.99. The third-order valence-electron chi connectivity index (χ3n) is 6.21. The van der Waals surface area contributed by atoms with Crippen LogP contribution in [0.5, 0.6) is 0 Å². The molecule has 0 N–H and O–H groups in total. The normalized spacial score (nSPS) is 11.9. The third-order valence-corrected chi connectivity index (χ3v) is 6.21. The fourth-order valence-corrected chi connectivity index (χ4v) is 4.57. The Hall–Kier alpha value is -2.15. The van der Waals surface area contributed by atoms with E-state index in [9.17, 15) is 0 Å². The summed E-state index contributed by atoms with van der Waals surface area (Å²) in [5, 5.41) is 1.32. The molecular formula is C30H41N. The minimum atomic E-state index is 0.493. The number of aromatic nitrogens is 1. The highest BCUT2D eigenvalue weighted by Gasteiger charge is 2.09. The molecule has 0 fully saturated rings. The Morgan fingerprint density at radius 1 is 0.710 bits per heavy atom. The molecule has 2 aromatic carbocycles. The number of rotatable bonds is 10. The molecule has 1 heteroatoms. The van der Waals surface area contributed by atoms with Gasteiger partial charge in [-0.2, -0.15) is 0 Å². The van der Waals surface area contributed by atoms with Gasteiger partial charge in [0, 0.05) is 10.9 Å². The van der Waals surface area contributed by atoms with Crippen LogP contribution in [-0.2, 0) is 6.42 Å². The van der Waals surface area contributed by atoms with E-state index in [0.717, 1.165) is 17.6 Å². The van der Waals surface area contributed by atoms with Crippen molar-refractivity contribution in [2.75, 3.05) is 0 Å². The topological polar surface area (TPSA) is 12.9 Å². The van der Waals surface area contributed by atoms with E-state index < -0.39 is 0 Å². The molecule has 0 aliphatic rings. The zero-order chi connectivity index (χ0) is 22.3. The Labute approximate surface area is 190 Å². The van der Waals surface area contributed by atoms with Gasteiger partial charge >= 0.3 is 0 Å². The second-order valence-corrected chi connectivity index (χ2v) is 10.6. The number of hydrogen-bond donors (Lipinski definition) is 0. The van der Waals surface area contributed by atoms with Crippen molar-refractivity contribution in [3.05, 3.63) is 65.2 Å². The number of pyridine rings is 1. The van der Waals surface area contributed by atoms with E-state index in [-0.39, 0.29) is 0 Å². The lowest BCUT2D eigenvalue weighted by atomic mass is 9.89. The first-order chi connectivity index (χ1) is 14.8. The Bertz CT molecular complexity index is 957. The lowest BCUT2D eigenvalue weighted by Gasteiger charge is -2.17. The third kappa shape index (κ3) is 7.49. The lowest BCUT2D eigenvalue weighted by molar-refractivity contribution is 0.356. The van der Waals surface area contributed by atoms with Crippen molar-refractivity contribution < 1.29 is 0 Å². The van der Waals surface area contributed by atoms with Gasteiger partial charge in [0.25, 0.3) is 0 Å². The Morgan fingerprint density at radius 3 is 2.03 bits per heavy atom. The number of hydrogen-bond acceptors (Lipinski definition) is 1. The van der Waals surface area contributed by atoms with Gasteiger partial charge in [0.15, 0.2) is 0 Å². The van der Waals surface area contributed by atoms with Crippen LogP contribution in [-0.4, -0.2) is 4.98 Å². The molecule has 0 amide bonds. The molecule has 31 heavy (non-hydrogen) atoms. The van der Waals surface area contributed by atoms with Crippen molar-refractivity contribution in [2.24, 2.45) is 5.41 Å². The van der Waals surface area contributed by atoms with E-state index >= 15 is 0 Å². The quantitative estimate of drug-likeness (QED) is 0.301. The lowest BCUT2D eigenvalue weighted by Crippen LogP contribution is -2.03. The summed E-state index contributed by atoms with van der Waals surface area (Å²) in [6, 6.07) is 17.8. The monoisotopic (exact) mass is 415 g/mol. The van der Waals surface area contributed by atoms with Gasteiger partial charge in [-0.05, 0) is 68.4 Å². The highest BCUT2D eigenvalue weighted by molar-refractivity contribution is 5.84. The van der Waals surface area contributed by atoms with Crippen molar-refractivity contribution in [2.45, 2.75) is 92.4 Å². The van der Waals surface area contributed by atoms with Gasteiger partial charge in [-0.15, -0.1) is 0 Å². The highest BCUT2D eigenvalue weighted by Crippen LogP contribution is 2.26. The minimum Gasteiger partial charge on any atom is -0.248 e. The molecule has 166 valence electrons. The fraction of sp³-hybridized carbons (Fsp3) is 0.500. The highest BCUT2D eigenvalue weighted by atomic mass is 14.7. The molecule has 0 saturated carbocycles. The van der Waals surface area contributed by atoms with Crippen molar-refractivity contribution in [1.29, 1.82) is 0 Å². The molecule has 0 aliphatic heterocycles. The zero-order valence-corrected chi connectivity index (χ0v) is 20.4.